The van der Waals surface area contributed by atoms with Gasteiger partial charge in [0.1, 0.15) is 11.9 Å². The molecule has 98 valence electrons. The van der Waals surface area contributed by atoms with Crippen molar-refractivity contribution in [3.63, 3.8) is 0 Å². The number of hydrogen-bond donors (Lipinski definition) is 0. The van der Waals surface area contributed by atoms with Crippen LogP contribution in [0.3, 0.4) is 0 Å². The van der Waals surface area contributed by atoms with Gasteiger partial charge in [0.15, 0.2) is 5.69 Å². The van der Waals surface area contributed by atoms with Gasteiger partial charge in [-0.25, -0.2) is 9.37 Å². The number of thiazole rings is 1. The van der Waals surface area contributed by atoms with Gasteiger partial charge in [-0.2, -0.15) is 9.94 Å². The highest BCUT2D eigenvalue weighted by Crippen LogP contribution is 2.18. The van der Waals surface area contributed by atoms with Gasteiger partial charge in [0, 0.05) is 18.0 Å². The molecule has 0 saturated heterocycles. The van der Waals surface area contributed by atoms with E-state index in [0.29, 0.717) is 17.2 Å². The van der Waals surface area contributed by atoms with Crippen molar-refractivity contribution in [3.05, 3.63) is 58.6 Å². The molecule has 0 aliphatic carbocycles. The third-order valence-electron chi connectivity index (χ3n) is 2.75. The summed E-state index contributed by atoms with van der Waals surface area (Å²) in [5.41, 5.74) is 1.78. The van der Waals surface area contributed by atoms with Gasteiger partial charge in [0.2, 0.25) is 5.13 Å². The fourth-order valence-corrected chi connectivity index (χ4v) is 2.43. The summed E-state index contributed by atoms with van der Waals surface area (Å²) in [4.78, 5) is 4.16. The second-order valence-electron chi connectivity index (χ2n) is 4.03. The molecule has 0 amide bonds. The molecule has 0 fully saturated rings. The fourth-order valence-electron chi connectivity index (χ4n) is 1.82. The number of benzene rings is 1. The van der Waals surface area contributed by atoms with E-state index in [-0.39, 0.29) is 11.5 Å². The second-order valence-corrected chi connectivity index (χ2v) is 4.90. The van der Waals surface area contributed by atoms with Crippen LogP contribution in [0.15, 0.2) is 35.8 Å². The van der Waals surface area contributed by atoms with Crippen LogP contribution in [0.2, 0.25) is 0 Å². The van der Waals surface area contributed by atoms with E-state index < -0.39 is 0 Å². The SMILES string of the molecule is N#Cc1nnn(-c2nccs2)c1Cc1ccc(F)cc1. The van der Waals surface area contributed by atoms with Crippen LogP contribution in [0.4, 0.5) is 4.39 Å². The average molecular weight is 285 g/mol. The Bertz CT molecular complexity index is 755. The number of halogens is 1. The standard InChI is InChI=1S/C13H8FN5S/c14-10-3-1-9(2-4-10)7-12-11(8-15)17-18-19(12)13-16-5-6-20-13/h1-6H,7H2. The number of nitriles is 1. The van der Waals surface area contributed by atoms with Crippen LogP contribution in [-0.4, -0.2) is 20.0 Å². The molecule has 3 aromatic rings. The molecule has 5 nitrogen and oxygen atoms in total. The number of hydrogen-bond acceptors (Lipinski definition) is 5. The van der Waals surface area contributed by atoms with Crippen LogP contribution in [0.5, 0.6) is 0 Å². The zero-order valence-corrected chi connectivity index (χ0v) is 11.0. The van der Waals surface area contributed by atoms with Gasteiger partial charge >= 0.3 is 0 Å². The molecule has 3 rings (SSSR count). The molecule has 1 aromatic carbocycles. The van der Waals surface area contributed by atoms with Crippen molar-refractivity contribution in [1.82, 2.24) is 20.0 Å². The Kier molecular flexibility index (Phi) is 3.23. The number of nitrogens with zero attached hydrogens (tertiary/aromatic N) is 5. The van der Waals surface area contributed by atoms with Crippen molar-refractivity contribution in [2.45, 2.75) is 6.42 Å². The van der Waals surface area contributed by atoms with Gasteiger partial charge in [0.25, 0.3) is 0 Å². The normalized spacial score (nSPS) is 10.4. The second kappa shape index (κ2) is 5.19. The molecule has 0 aliphatic heterocycles. The first-order chi connectivity index (χ1) is 9.78. The van der Waals surface area contributed by atoms with Crippen LogP contribution in [0, 0.1) is 17.1 Å². The van der Waals surface area contributed by atoms with Crippen molar-refractivity contribution in [2.24, 2.45) is 0 Å². The molecule has 2 aromatic heterocycles. The van der Waals surface area contributed by atoms with Gasteiger partial charge in [-0.1, -0.05) is 17.3 Å². The lowest BCUT2D eigenvalue weighted by Gasteiger charge is -2.03. The van der Waals surface area contributed by atoms with E-state index in [2.05, 4.69) is 15.3 Å². The summed E-state index contributed by atoms with van der Waals surface area (Å²) in [6.45, 7) is 0. The molecule has 0 spiro atoms. The first-order valence-corrected chi connectivity index (χ1v) is 6.65. The van der Waals surface area contributed by atoms with Crippen molar-refractivity contribution < 1.29 is 4.39 Å². The monoisotopic (exact) mass is 285 g/mol. The molecule has 0 unspecified atom stereocenters. The third kappa shape index (κ3) is 2.29. The van der Waals surface area contributed by atoms with E-state index in [1.54, 1.807) is 23.0 Å². The van der Waals surface area contributed by atoms with Crippen LogP contribution < -0.4 is 0 Å². The van der Waals surface area contributed by atoms with Gasteiger partial charge in [0.05, 0.1) is 5.69 Å². The lowest BCUT2D eigenvalue weighted by atomic mass is 10.1. The maximum Gasteiger partial charge on any atom is 0.211 e. The molecule has 0 bridgehead atoms. The maximum atomic E-state index is 12.9. The van der Waals surface area contributed by atoms with Gasteiger partial charge in [-0.05, 0) is 17.7 Å². The minimum atomic E-state index is -0.291. The summed E-state index contributed by atoms with van der Waals surface area (Å²) in [6.07, 6.45) is 2.10. The maximum absolute atomic E-state index is 12.9. The summed E-state index contributed by atoms with van der Waals surface area (Å²) >= 11 is 1.41. The summed E-state index contributed by atoms with van der Waals surface area (Å²) in [5.74, 6) is -0.291. The largest absolute Gasteiger partial charge is 0.227 e. The van der Waals surface area contributed by atoms with Crippen molar-refractivity contribution in [2.75, 3.05) is 0 Å². The molecule has 0 aliphatic rings. The van der Waals surface area contributed by atoms with E-state index in [1.165, 1.54) is 23.5 Å². The fraction of sp³-hybridized carbons (Fsp3) is 0.0769. The highest BCUT2D eigenvalue weighted by molar-refractivity contribution is 7.12. The molecule has 0 radical (unpaired) electrons. The summed E-state index contributed by atoms with van der Waals surface area (Å²) in [7, 11) is 0. The predicted octanol–water partition coefficient (Wildman–Crippen LogP) is 2.33. The molecular weight excluding hydrogens is 277 g/mol. The molecule has 2 heterocycles. The summed E-state index contributed by atoms with van der Waals surface area (Å²) in [6, 6.07) is 8.15. The van der Waals surface area contributed by atoms with Crippen LogP contribution in [-0.2, 0) is 6.42 Å². The Hall–Kier alpha value is -2.59. The number of aromatic nitrogens is 4. The lowest BCUT2D eigenvalue weighted by Crippen LogP contribution is -2.03. The topological polar surface area (TPSA) is 67.4 Å². The smallest absolute Gasteiger partial charge is 0.211 e. The molecule has 0 saturated carbocycles. The average Bonchev–Trinajstić information content (AvgIpc) is 3.10. The van der Waals surface area contributed by atoms with E-state index >= 15 is 0 Å². The first-order valence-electron chi connectivity index (χ1n) is 5.77. The van der Waals surface area contributed by atoms with Gasteiger partial charge < -0.3 is 0 Å². The third-order valence-corrected chi connectivity index (χ3v) is 3.50. The number of rotatable bonds is 3. The zero-order chi connectivity index (χ0) is 13.9. The van der Waals surface area contributed by atoms with E-state index in [0.717, 1.165) is 5.56 Å². The Morgan fingerprint density at radius 1 is 1.30 bits per heavy atom. The van der Waals surface area contributed by atoms with Gasteiger partial charge in [-0.15, -0.1) is 16.4 Å². The summed E-state index contributed by atoms with van der Waals surface area (Å²) < 4.78 is 14.5. The Morgan fingerprint density at radius 3 is 2.75 bits per heavy atom. The van der Waals surface area contributed by atoms with Crippen molar-refractivity contribution in [1.29, 1.82) is 5.26 Å². The molecular formula is C13H8FN5S. The van der Waals surface area contributed by atoms with E-state index in [9.17, 15) is 4.39 Å². The highest BCUT2D eigenvalue weighted by atomic mass is 32.1. The van der Waals surface area contributed by atoms with Crippen LogP contribution in [0.1, 0.15) is 17.0 Å². The quantitative estimate of drug-likeness (QED) is 0.740. The Labute approximate surface area is 117 Å². The Morgan fingerprint density at radius 2 is 2.10 bits per heavy atom. The van der Waals surface area contributed by atoms with Crippen molar-refractivity contribution >= 4 is 11.3 Å². The minimum Gasteiger partial charge on any atom is -0.227 e. The minimum absolute atomic E-state index is 0.254. The van der Waals surface area contributed by atoms with E-state index in [4.69, 9.17) is 5.26 Å². The predicted molar refractivity (Wildman–Crippen MR) is 71.0 cm³/mol. The van der Waals surface area contributed by atoms with Crippen molar-refractivity contribution in [3.8, 4) is 11.2 Å². The molecule has 0 atom stereocenters. The highest BCUT2D eigenvalue weighted by Gasteiger charge is 2.16. The lowest BCUT2D eigenvalue weighted by molar-refractivity contribution is 0.627. The Balaban J connectivity index is 2.02. The van der Waals surface area contributed by atoms with Crippen LogP contribution >= 0.6 is 11.3 Å². The van der Waals surface area contributed by atoms with Crippen LogP contribution in [0.25, 0.3) is 5.13 Å². The summed E-state index contributed by atoms with van der Waals surface area (Å²) in [5, 5.41) is 19.4. The van der Waals surface area contributed by atoms with E-state index in [1.807, 2.05) is 11.4 Å². The zero-order valence-electron chi connectivity index (χ0n) is 10.2. The molecule has 7 heteroatoms. The molecule has 20 heavy (non-hydrogen) atoms. The first kappa shape index (κ1) is 12.4. The van der Waals surface area contributed by atoms with Gasteiger partial charge in [-0.3, -0.25) is 0 Å². The molecule has 0 N–H and O–H groups in total.